The van der Waals surface area contributed by atoms with Crippen molar-refractivity contribution in [3.05, 3.63) is 17.8 Å². The van der Waals surface area contributed by atoms with Crippen LogP contribution in [0, 0.1) is 11.2 Å². The highest BCUT2D eigenvalue weighted by atomic mass is 19.1. The molecule has 6 heteroatoms. The van der Waals surface area contributed by atoms with Crippen LogP contribution in [0.1, 0.15) is 33.4 Å². The van der Waals surface area contributed by atoms with Gasteiger partial charge >= 0.3 is 0 Å². The fourth-order valence-corrected chi connectivity index (χ4v) is 2.46. The minimum Gasteiger partial charge on any atom is -0.351 e. The van der Waals surface area contributed by atoms with Crippen LogP contribution >= 0.6 is 0 Å². The fourth-order valence-electron chi connectivity index (χ4n) is 2.46. The zero-order valence-corrected chi connectivity index (χ0v) is 13.2. The molecule has 0 atom stereocenters. The Morgan fingerprint density at radius 2 is 1.86 bits per heavy atom. The maximum atomic E-state index is 14.3. The van der Waals surface area contributed by atoms with E-state index in [4.69, 9.17) is 0 Å². The van der Waals surface area contributed by atoms with Crippen LogP contribution in [0.15, 0.2) is 6.33 Å². The summed E-state index contributed by atoms with van der Waals surface area (Å²) in [4.78, 5) is 24.0. The van der Waals surface area contributed by atoms with Crippen molar-refractivity contribution in [2.75, 3.05) is 31.1 Å². The van der Waals surface area contributed by atoms with Gasteiger partial charge in [0.25, 0.3) is 0 Å². The van der Waals surface area contributed by atoms with Crippen molar-refractivity contribution < 1.29 is 9.18 Å². The quantitative estimate of drug-likeness (QED) is 0.835. The molecular weight excluding hydrogens is 271 g/mol. The van der Waals surface area contributed by atoms with E-state index in [1.54, 1.807) is 0 Å². The molecule has 1 aromatic rings. The van der Waals surface area contributed by atoms with Gasteiger partial charge in [0.2, 0.25) is 5.91 Å². The van der Waals surface area contributed by atoms with Gasteiger partial charge < -0.3 is 9.80 Å². The molecule has 1 aliphatic rings. The van der Waals surface area contributed by atoms with E-state index < -0.39 is 0 Å². The average molecular weight is 294 g/mol. The van der Waals surface area contributed by atoms with Gasteiger partial charge in [-0.15, -0.1) is 0 Å². The van der Waals surface area contributed by atoms with Crippen LogP contribution in [-0.2, 0) is 11.2 Å². The van der Waals surface area contributed by atoms with E-state index in [1.165, 1.54) is 6.33 Å². The van der Waals surface area contributed by atoms with Crippen LogP contribution in [-0.4, -0.2) is 47.0 Å². The Hall–Kier alpha value is -1.72. The van der Waals surface area contributed by atoms with Crippen LogP contribution in [0.25, 0.3) is 0 Å². The molecule has 0 spiro atoms. The Kier molecular flexibility index (Phi) is 4.44. The van der Waals surface area contributed by atoms with Crippen molar-refractivity contribution in [3.8, 4) is 0 Å². The van der Waals surface area contributed by atoms with Crippen molar-refractivity contribution in [2.45, 2.75) is 34.1 Å². The van der Waals surface area contributed by atoms with Gasteiger partial charge in [-0.3, -0.25) is 4.79 Å². The predicted molar refractivity (Wildman–Crippen MR) is 79.6 cm³/mol. The molecule has 0 unspecified atom stereocenters. The molecule has 2 rings (SSSR count). The highest BCUT2D eigenvalue weighted by molar-refractivity contribution is 5.81. The topological polar surface area (TPSA) is 49.3 Å². The zero-order valence-electron chi connectivity index (χ0n) is 13.2. The lowest BCUT2D eigenvalue weighted by molar-refractivity contribution is -0.139. The number of rotatable bonds is 2. The van der Waals surface area contributed by atoms with Crippen LogP contribution in [0.3, 0.4) is 0 Å². The molecule has 0 saturated carbocycles. The maximum absolute atomic E-state index is 14.3. The predicted octanol–water partition coefficient (Wildman–Crippen LogP) is 1.87. The van der Waals surface area contributed by atoms with Gasteiger partial charge in [0.15, 0.2) is 11.6 Å². The lowest BCUT2D eigenvalue weighted by Crippen LogP contribution is -2.52. The monoisotopic (exact) mass is 294 g/mol. The molecule has 1 amide bonds. The first-order valence-electron chi connectivity index (χ1n) is 7.38. The van der Waals surface area contributed by atoms with Gasteiger partial charge in [-0.05, 0) is 6.42 Å². The number of carbonyl (C=O) groups is 1. The minimum atomic E-state index is -0.377. The Morgan fingerprint density at radius 3 is 2.38 bits per heavy atom. The molecule has 0 radical (unpaired) electrons. The number of hydrogen-bond acceptors (Lipinski definition) is 4. The number of anilines is 1. The van der Waals surface area contributed by atoms with Gasteiger partial charge in [0.1, 0.15) is 6.33 Å². The number of carbonyl (C=O) groups excluding carboxylic acids is 1. The number of hydrogen-bond donors (Lipinski definition) is 0. The molecule has 21 heavy (non-hydrogen) atoms. The largest absolute Gasteiger partial charge is 0.351 e. The standard InChI is InChI=1S/C15H23FN4O/c1-5-11-12(16)13(18-10-17-11)19-6-8-20(9-7-19)14(21)15(2,3)4/h10H,5-9H2,1-4H3. The molecule has 0 N–H and O–H groups in total. The van der Waals surface area contributed by atoms with Gasteiger partial charge in [0, 0.05) is 31.6 Å². The van der Waals surface area contributed by atoms with Crippen molar-refractivity contribution in [3.63, 3.8) is 0 Å². The third-order valence-electron chi connectivity index (χ3n) is 3.69. The summed E-state index contributed by atoms with van der Waals surface area (Å²) in [5.74, 6) is 0.153. The zero-order chi connectivity index (χ0) is 15.6. The number of aryl methyl sites for hydroxylation is 1. The van der Waals surface area contributed by atoms with Gasteiger partial charge in [-0.25, -0.2) is 14.4 Å². The summed E-state index contributed by atoms with van der Waals surface area (Å²) in [7, 11) is 0. The summed E-state index contributed by atoms with van der Waals surface area (Å²) < 4.78 is 14.3. The molecule has 1 aromatic heterocycles. The molecule has 1 saturated heterocycles. The minimum absolute atomic E-state index is 0.138. The van der Waals surface area contributed by atoms with E-state index in [-0.39, 0.29) is 17.1 Å². The number of halogens is 1. The van der Waals surface area contributed by atoms with Crippen molar-refractivity contribution in [2.24, 2.45) is 5.41 Å². The third-order valence-corrected chi connectivity index (χ3v) is 3.69. The summed E-state index contributed by atoms with van der Waals surface area (Å²) in [5, 5.41) is 0. The van der Waals surface area contributed by atoms with E-state index in [2.05, 4.69) is 9.97 Å². The molecule has 0 aliphatic carbocycles. The molecule has 0 aromatic carbocycles. The Labute approximate surface area is 125 Å². The molecule has 116 valence electrons. The summed E-state index contributed by atoms with van der Waals surface area (Å²) in [6, 6.07) is 0. The van der Waals surface area contributed by atoms with E-state index in [9.17, 15) is 9.18 Å². The maximum Gasteiger partial charge on any atom is 0.228 e. The Bertz CT molecular complexity index is 519. The summed E-state index contributed by atoms with van der Waals surface area (Å²) in [5.41, 5.74) is 0.0609. The number of piperazine rings is 1. The average Bonchev–Trinajstić information content (AvgIpc) is 2.46. The lowest BCUT2D eigenvalue weighted by atomic mass is 9.94. The number of nitrogens with zero attached hydrogens (tertiary/aromatic N) is 4. The Balaban J connectivity index is 2.07. The van der Waals surface area contributed by atoms with Crippen LogP contribution in [0.5, 0.6) is 0 Å². The first-order chi connectivity index (χ1) is 9.84. The van der Waals surface area contributed by atoms with Crippen LogP contribution in [0.2, 0.25) is 0 Å². The Morgan fingerprint density at radius 1 is 1.24 bits per heavy atom. The SMILES string of the molecule is CCc1ncnc(N2CCN(C(=O)C(C)(C)C)CC2)c1F. The first kappa shape index (κ1) is 15.7. The second-order valence-electron chi connectivity index (χ2n) is 6.34. The lowest BCUT2D eigenvalue weighted by Gasteiger charge is -2.38. The van der Waals surface area contributed by atoms with Crippen LogP contribution in [0.4, 0.5) is 10.2 Å². The van der Waals surface area contributed by atoms with Gasteiger partial charge in [-0.2, -0.15) is 0 Å². The van der Waals surface area contributed by atoms with E-state index >= 15 is 0 Å². The summed E-state index contributed by atoms with van der Waals surface area (Å²) in [6.07, 6.45) is 1.95. The highest BCUT2D eigenvalue weighted by Crippen LogP contribution is 2.22. The number of amides is 1. The smallest absolute Gasteiger partial charge is 0.228 e. The molecule has 1 fully saturated rings. The highest BCUT2D eigenvalue weighted by Gasteiger charge is 2.30. The van der Waals surface area contributed by atoms with Gasteiger partial charge in [-0.1, -0.05) is 27.7 Å². The summed E-state index contributed by atoms with van der Waals surface area (Å²) >= 11 is 0. The van der Waals surface area contributed by atoms with Crippen molar-refractivity contribution in [1.29, 1.82) is 0 Å². The second kappa shape index (κ2) is 5.95. The number of aromatic nitrogens is 2. The molecule has 0 bridgehead atoms. The van der Waals surface area contributed by atoms with Crippen LogP contribution < -0.4 is 4.90 Å². The third kappa shape index (κ3) is 3.31. The normalized spacial score (nSPS) is 16.2. The summed E-state index contributed by atoms with van der Waals surface area (Å²) in [6.45, 7) is 10.0. The molecule has 5 nitrogen and oxygen atoms in total. The van der Waals surface area contributed by atoms with Gasteiger partial charge in [0.05, 0.1) is 5.69 Å². The van der Waals surface area contributed by atoms with E-state index in [0.717, 1.165) is 0 Å². The molecule has 2 heterocycles. The second-order valence-corrected chi connectivity index (χ2v) is 6.34. The first-order valence-corrected chi connectivity index (χ1v) is 7.38. The van der Waals surface area contributed by atoms with E-state index in [0.29, 0.717) is 44.1 Å². The fraction of sp³-hybridized carbons (Fsp3) is 0.667. The van der Waals surface area contributed by atoms with Crippen molar-refractivity contribution in [1.82, 2.24) is 14.9 Å². The molecular formula is C15H23FN4O. The molecule has 1 aliphatic heterocycles. The van der Waals surface area contributed by atoms with E-state index in [1.807, 2.05) is 37.5 Å². The van der Waals surface area contributed by atoms with Crippen molar-refractivity contribution >= 4 is 11.7 Å².